The van der Waals surface area contributed by atoms with Crippen LogP contribution in [0.25, 0.3) is 11.2 Å². The number of halogens is 1. The van der Waals surface area contributed by atoms with E-state index in [-0.39, 0.29) is 49.0 Å². The van der Waals surface area contributed by atoms with Crippen LogP contribution in [-0.4, -0.2) is 30.4 Å². The first-order valence-corrected chi connectivity index (χ1v) is 10.0. The lowest BCUT2D eigenvalue weighted by Crippen LogP contribution is -2.39. The maximum atomic E-state index is 13.7. The minimum Gasteiger partial charge on any atom is -0.425 e. The van der Waals surface area contributed by atoms with E-state index in [9.17, 15) is 14.0 Å². The van der Waals surface area contributed by atoms with Crippen molar-refractivity contribution in [3.8, 4) is 11.8 Å². The summed E-state index contributed by atoms with van der Waals surface area (Å²) < 4.78 is 23.4. The molecule has 1 aliphatic rings. The third-order valence-electron chi connectivity index (χ3n) is 5.11. The van der Waals surface area contributed by atoms with Crippen LogP contribution in [0.4, 0.5) is 4.39 Å². The quantitative estimate of drug-likeness (QED) is 0.574. The van der Waals surface area contributed by atoms with Crippen molar-refractivity contribution in [2.75, 3.05) is 6.61 Å². The third-order valence-corrected chi connectivity index (χ3v) is 5.11. The summed E-state index contributed by atoms with van der Waals surface area (Å²) in [6.45, 7) is 4.02. The molecule has 1 aromatic carbocycles. The highest BCUT2D eigenvalue weighted by atomic mass is 19.1. The summed E-state index contributed by atoms with van der Waals surface area (Å²) in [4.78, 5) is 30.4. The number of aliphatic hydroxyl groups excluding tert-OH is 1. The summed E-state index contributed by atoms with van der Waals surface area (Å²) >= 11 is 0. The number of imidazole rings is 1. The Morgan fingerprint density at radius 2 is 2.06 bits per heavy atom. The van der Waals surface area contributed by atoms with Gasteiger partial charge in [0, 0.05) is 56.5 Å². The number of hydrogen-bond acceptors (Lipinski definition) is 5. The number of benzene rings is 1. The monoisotopic (exact) mass is 437 g/mol. The molecule has 1 N–H and O–H groups in total. The van der Waals surface area contributed by atoms with Crippen molar-refractivity contribution < 1.29 is 14.2 Å². The molecular weight excluding hydrogens is 415 g/mol. The fourth-order valence-corrected chi connectivity index (χ4v) is 3.47. The van der Waals surface area contributed by atoms with Crippen molar-refractivity contribution in [1.29, 1.82) is 0 Å². The molecular formula is C23H22FN4O4+. The number of aryl methyl sites for hydroxylation is 1. The Balaban J connectivity index is 1.91. The molecule has 0 amide bonds. The van der Waals surface area contributed by atoms with Gasteiger partial charge in [-0.05, 0) is 25.1 Å². The second-order valence-corrected chi connectivity index (χ2v) is 7.40. The van der Waals surface area contributed by atoms with Crippen LogP contribution in [0.2, 0.25) is 0 Å². The minimum atomic E-state index is -0.542. The van der Waals surface area contributed by atoms with Crippen LogP contribution in [0.3, 0.4) is 0 Å². The Hall–Kier alpha value is -3.85. The van der Waals surface area contributed by atoms with Crippen molar-refractivity contribution in [2.24, 2.45) is 7.05 Å². The molecule has 0 radical (unpaired) electrons. The molecule has 32 heavy (non-hydrogen) atoms. The second kappa shape index (κ2) is 8.72. The first-order valence-electron chi connectivity index (χ1n) is 10.0. The molecule has 0 aliphatic heterocycles. The molecule has 0 atom stereocenters. The summed E-state index contributed by atoms with van der Waals surface area (Å²) in [5.74, 6) is -0.268. The van der Waals surface area contributed by atoms with E-state index in [1.54, 1.807) is 10.6 Å². The predicted octanol–water partition coefficient (Wildman–Crippen LogP) is 2.47. The van der Waals surface area contributed by atoms with Gasteiger partial charge in [0.1, 0.15) is 11.6 Å². The molecule has 2 heterocycles. The molecule has 0 saturated heterocycles. The smallest absolute Gasteiger partial charge is 0.332 e. The summed E-state index contributed by atoms with van der Waals surface area (Å²) in [5.41, 5.74) is 0.951. The normalized spacial score (nSPS) is 13.3. The molecule has 0 saturated carbocycles. The third kappa shape index (κ3) is 4.02. The van der Waals surface area contributed by atoms with E-state index in [2.05, 4.69) is 11.6 Å². The van der Waals surface area contributed by atoms with Crippen LogP contribution in [0.1, 0.15) is 6.42 Å². The second-order valence-electron chi connectivity index (χ2n) is 7.40. The lowest BCUT2D eigenvalue weighted by molar-refractivity contribution is 0.277. The van der Waals surface area contributed by atoms with E-state index in [4.69, 9.17) is 9.84 Å². The maximum absolute atomic E-state index is 13.7. The Morgan fingerprint density at radius 1 is 1.25 bits per heavy atom. The Labute approximate surface area is 182 Å². The number of aromatic nitrogens is 4. The molecule has 3 aromatic rings. The van der Waals surface area contributed by atoms with Crippen LogP contribution in [0, 0.1) is 12.2 Å². The fourth-order valence-electron chi connectivity index (χ4n) is 3.47. The summed E-state index contributed by atoms with van der Waals surface area (Å²) in [5, 5.41) is 9.16. The van der Waals surface area contributed by atoms with E-state index in [1.165, 1.54) is 29.8 Å². The van der Waals surface area contributed by atoms with Crippen LogP contribution < -0.4 is 16.0 Å². The largest absolute Gasteiger partial charge is 0.425 e. The first kappa shape index (κ1) is 21.4. The van der Waals surface area contributed by atoms with Gasteiger partial charge in [-0.25, -0.2) is 9.18 Å². The summed E-state index contributed by atoms with van der Waals surface area (Å²) in [6.07, 6.45) is 7.68. The zero-order valence-electron chi connectivity index (χ0n) is 17.5. The highest BCUT2D eigenvalue weighted by molar-refractivity contribution is 5.72. The Kier molecular flexibility index (Phi) is 5.83. The number of nitrogens with zero attached hydrogens (tertiary/aromatic N) is 4. The van der Waals surface area contributed by atoms with E-state index in [1.807, 2.05) is 24.6 Å². The first-order chi connectivity index (χ1) is 15.4. The number of ether oxygens (including phenoxy) is 1. The van der Waals surface area contributed by atoms with Gasteiger partial charge >= 0.3 is 11.7 Å². The van der Waals surface area contributed by atoms with Gasteiger partial charge in [0.15, 0.2) is 11.2 Å². The van der Waals surface area contributed by atoms with Crippen LogP contribution >= 0.6 is 0 Å². The molecule has 0 bridgehead atoms. The van der Waals surface area contributed by atoms with Gasteiger partial charge in [-0.15, -0.1) is 0 Å². The van der Waals surface area contributed by atoms with Gasteiger partial charge in [0.2, 0.25) is 0 Å². The van der Waals surface area contributed by atoms with Crippen molar-refractivity contribution in [2.45, 2.75) is 19.5 Å². The predicted molar refractivity (Wildman–Crippen MR) is 118 cm³/mol. The van der Waals surface area contributed by atoms with E-state index < -0.39 is 17.1 Å². The number of aliphatic hydroxyl groups is 1. The van der Waals surface area contributed by atoms with Crippen LogP contribution in [-0.2, 0) is 20.1 Å². The lowest BCUT2D eigenvalue weighted by atomic mass is 10.0. The van der Waals surface area contributed by atoms with E-state index >= 15 is 0 Å². The van der Waals surface area contributed by atoms with Crippen molar-refractivity contribution in [1.82, 2.24) is 18.7 Å². The average molecular weight is 437 g/mol. The molecule has 8 nitrogen and oxygen atoms in total. The van der Waals surface area contributed by atoms with Crippen LogP contribution in [0.5, 0.6) is 11.8 Å². The van der Waals surface area contributed by atoms with Crippen LogP contribution in [0.15, 0.2) is 69.8 Å². The maximum Gasteiger partial charge on any atom is 0.332 e. The van der Waals surface area contributed by atoms with Gasteiger partial charge in [-0.2, -0.15) is 4.98 Å². The number of rotatable bonds is 7. The Morgan fingerprint density at radius 3 is 2.75 bits per heavy atom. The molecule has 9 heteroatoms. The molecule has 4 rings (SSSR count). The fraction of sp³-hybridized carbons (Fsp3) is 0.217. The SMILES string of the molecule is C=C1C=CC(Cn2c(Oc3cccc(F)c3)nc3c2c(=O)n(CCCO)c(=O)n3C)=C[CH+]1. The van der Waals surface area contributed by atoms with Gasteiger partial charge < -0.3 is 9.84 Å². The van der Waals surface area contributed by atoms with Gasteiger partial charge in [0.05, 0.1) is 12.1 Å². The number of hydrogen-bond donors (Lipinski definition) is 1. The molecule has 0 fully saturated rings. The van der Waals surface area contributed by atoms with Crippen molar-refractivity contribution >= 4 is 11.2 Å². The lowest BCUT2D eigenvalue weighted by Gasteiger charge is -2.11. The van der Waals surface area contributed by atoms with Gasteiger partial charge in [-0.3, -0.25) is 18.5 Å². The standard InChI is InChI=1S/C23H22FN4O4/c1-15-7-9-16(10-8-15)14-28-19-20(25-22(28)32-18-6-3-5-17(24)13-18)26(2)23(31)27(21(19)30)11-4-12-29/h3,5-10,13,29H,1,4,11-12,14H2,2H3/q+1. The average Bonchev–Trinajstić information content (AvgIpc) is 3.12. The molecule has 164 valence electrons. The van der Waals surface area contributed by atoms with Gasteiger partial charge in [0.25, 0.3) is 5.56 Å². The zero-order valence-corrected chi connectivity index (χ0v) is 17.5. The highest BCUT2D eigenvalue weighted by Crippen LogP contribution is 2.26. The Bertz CT molecular complexity index is 1380. The molecule has 0 spiro atoms. The molecule has 1 aliphatic carbocycles. The zero-order chi connectivity index (χ0) is 22.8. The van der Waals surface area contributed by atoms with Gasteiger partial charge in [-0.1, -0.05) is 6.07 Å². The highest BCUT2D eigenvalue weighted by Gasteiger charge is 2.23. The number of fused-ring (bicyclic) bond motifs is 1. The molecule has 0 unspecified atom stereocenters. The number of allylic oxidation sites excluding steroid dienone is 5. The van der Waals surface area contributed by atoms with Crippen molar-refractivity contribution in [3.63, 3.8) is 0 Å². The van der Waals surface area contributed by atoms with E-state index in [0.29, 0.717) is 0 Å². The molecule has 2 aromatic heterocycles. The topological polar surface area (TPSA) is 91.3 Å². The minimum absolute atomic E-state index is 0.0521. The van der Waals surface area contributed by atoms with Crippen molar-refractivity contribution in [3.05, 3.63) is 93.3 Å². The summed E-state index contributed by atoms with van der Waals surface area (Å²) in [6, 6.07) is 5.63. The summed E-state index contributed by atoms with van der Waals surface area (Å²) in [7, 11) is 1.51. The van der Waals surface area contributed by atoms with E-state index in [0.717, 1.165) is 15.7 Å².